The molecule has 4 nitrogen and oxygen atoms in total. The van der Waals surface area contributed by atoms with E-state index in [9.17, 15) is 0 Å². The molecule has 2 N–H and O–H groups in total. The third kappa shape index (κ3) is 2.11. The van der Waals surface area contributed by atoms with Gasteiger partial charge in [0.15, 0.2) is 0 Å². The number of hydrogen-bond donors (Lipinski definition) is 1. The molecular weight excluding hydrogens is 202 g/mol. The molecule has 0 amide bonds. The van der Waals surface area contributed by atoms with E-state index in [-0.39, 0.29) is 0 Å². The third-order valence-corrected chi connectivity index (χ3v) is 2.15. The number of anilines is 1. The number of para-hydroxylation sites is 1. The number of nitrogens with zero attached hydrogens (tertiary/aromatic N) is 2. The van der Waals surface area contributed by atoms with Crippen LogP contribution in [0.5, 0.6) is 5.75 Å². The highest BCUT2D eigenvalue weighted by molar-refractivity contribution is 5.67. The molecule has 0 aliphatic carbocycles. The van der Waals surface area contributed by atoms with Crippen molar-refractivity contribution in [2.75, 3.05) is 12.3 Å². The molecule has 0 fully saturated rings. The van der Waals surface area contributed by atoms with Crippen LogP contribution in [0.25, 0.3) is 11.3 Å². The second-order valence-electron chi connectivity index (χ2n) is 3.27. The standard InChI is InChI=1S/C12H13N3O/c1-2-16-11-6-4-3-5-9(11)10-7-8-12(13)15-14-10/h3-8H,2H2,1H3,(H2,13,15). The van der Waals surface area contributed by atoms with Crippen LogP contribution in [0.3, 0.4) is 0 Å². The maximum atomic E-state index is 5.52. The maximum Gasteiger partial charge on any atom is 0.146 e. The van der Waals surface area contributed by atoms with Crippen LogP contribution in [0.4, 0.5) is 5.82 Å². The number of nitrogen functional groups attached to an aromatic ring is 1. The fourth-order valence-corrected chi connectivity index (χ4v) is 1.45. The lowest BCUT2D eigenvalue weighted by Gasteiger charge is -2.08. The highest BCUT2D eigenvalue weighted by atomic mass is 16.5. The van der Waals surface area contributed by atoms with Gasteiger partial charge in [0.25, 0.3) is 0 Å². The molecule has 1 aromatic carbocycles. The van der Waals surface area contributed by atoms with Crippen LogP contribution in [-0.2, 0) is 0 Å². The number of aromatic nitrogens is 2. The molecule has 4 heteroatoms. The van der Waals surface area contributed by atoms with E-state index in [2.05, 4.69) is 10.2 Å². The van der Waals surface area contributed by atoms with Gasteiger partial charge in [-0.15, -0.1) is 10.2 Å². The smallest absolute Gasteiger partial charge is 0.146 e. The number of benzene rings is 1. The van der Waals surface area contributed by atoms with E-state index in [0.29, 0.717) is 12.4 Å². The Hall–Kier alpha value is -2.10. The molecule has 2 aromatic rings. The summed E-state index contributed by atoms with van der Waals surface area (Å²) >= 11 is 0. The fourth-order valence-electron chi connectivity index (χ4n) is 1.45. The monoisotopic (exact) mass is 215 g/mol. The van der Waals surface area contributed by atoms with Crippen LogP contribution in [-0.4, -0.2) is 16.8 Å². The molecule has 0 aliphatic heterocycles. The SMILES string of the molecule is CCOc1ccccc1-c1ccc(N)nn1. The number of hydrogen-bond acceptors (Lipinski definition) is 4. The van der Waals surface area contributed by atoms with Gasteiger partial charge >= 0.3 is 0 Å². The quantitative estimate of drug-likeness (QED) is 0.851. The molecule has 82 valence electrons. The molecule has 1 heterocycles. The van der Waals surface area contributed by atoms with Crippen LogP contribution >= 0.6 is 0 Å². The number of rotatable bonds is 3. The topological polar surface area (TPSA) is 61.0 Å². The Kier molecular flexibility index (Phi) is 3.00. The van der Waals surface area contributed by atoms with Crippen molar-refractivity contribution in [3.05, 3.63) is 36.4 Å². The van der Waals surface area contributed by atoms with Crippen molar-refractivity contribution in [1.29, 1.82) is 0 Å². The van der Waals surface area contributed by atoms with Gasteiger partial charge in [-0.2, -0.15) is 0 Å². The highest BCUT2D eigenvalue weighted by Crippen LogP contribution is 2.27. The lowest BCUT2D eigenvalue weighted by Crippen LogP contribution is -1.97. The summed E-state index contributed by atoms with van der Waals surface area (Å²) in [6.07, 6.45) is 0. The largest absolute Gasteiger partial charge is 0.493 e. The summed E-state index contributed by atoms with van der Waals surface area (Å²) < 4.78 is 5.52. The van der Waals surface area contributed by atoms with Gasteiger partial charge in [0.05, 0.1) is 12.3 Å². The van der Waals surface area contributed by atoms with Gasteiger partial charge in [0.1, 0.15) is 11.6 Å². The van der Waals surface area contributed by atoms with E-state index >= 15 is 0 Å². The molecule has 1 aromatic heterocycles. The lowest BCUT2D eigenvalue weighted by atomic mass is 10.1. The Morgan fingerprint density at radius 3 is 2.62 bits per heavy atom. The first-order chi connectivity index (χ1) is 7.81. The Bertz CT molecular complexity index is 468. The molecular formula is C12H13N3O. The molecule has 0 saturated carbocycles. The third-order valence-electron chi connectivity index (χ3n) is 2.15. The highest BCUT2D eigenvalue weighted by Gasteiger charge is 2.06. The Labute approximate surface area is 94.1 Å². The van der Waals surface area contributed by atoms with E-state index < -0.39 is 0 Å². The van der Waals surface area contributed by atoms with Crippen molar-refractivity contribution in [3.63, 3.8) is 0 Å². The molecule has 16 heavy (non-hydrogen) atoms. The van der Waals surface area contributed by atoms with Crippen LogP contribution in [0.15, 0.2) is 36.4 Å². The molecule has 0 radical (unpaired) electrons. The first-order valence-electron chi connectivity index (χ1n) is 5.12. The van der Waals surface area contributed by atoms with Crippen LogP contribution in [0.1, 0.15) is 6.92 Å². The van der Waals surface area contributed by atoms with Gasteiger partial charge < -0.3 is 10.5 Å². The van der Waals surface area contributed by atoms with Gasteiger partial charge in [-0.05, 0) is 31.2 Å². The summed E-state index contributed by atoms with van der Waals surface area (Å²) in [7, 11) is 0. The maximum absolute atomic E-state index is 5.52. The molecule has 2 rings (SSSR count). The van der Waals surface area contributed by atoms with E-state index in [1.165, 1.54) is 0 Å². The van der Waals surface area contributed by atoms with Gasteiger partial charge in [-0.25, -0.2) is 0 Å². The normalized spacial score (nSPS) is 10.1. The zero-order valence-electron chi connectivity index (χ0n) is 9.05. The molecule has 0 spiro atoms. The van der Waals surface area contributed by atoms with Crippen molar-refractivity contribution in [3.8, 4) is 17.0 Å². The molecule has 0 unspecified atom stereocenters. The zero-order chi connectivity index (χ0) is 11.4. The molecule has 0 bridgehead atoms. The summed E-state index contributed by atoms with van der Waals surface area (Å²) in [5.74, 6) is 1.22. The van der Waals surface area contributed by atoms with Crippen LogP contribution in [0, 0.1) is 0 Å². The second kappa shape index (κ2) is 4.61. The molecule has 0 atom stereocenters. The van der Waals surface area contributed by atoms with Crippen molar-refractivity contribution in [2.24, 2.45) is 0 Å². The van der Waals surface area contributed by atoms with Crippen molar-refractivity contribution in [1.82, 2.24) is 10.2 Å². The lowest BCUT2D eigenvalue weighted by molar-refractivity contribution is 0.341. The average molecular weight is 215 g/mol. The Balaban J connectivity index is 2.42. The van der Waals surface area contributed by atoms with E-state index in [1.54, 1.807) is 6.07 Å². The summed E-state index contributed by atoms with van der Waals surface area (Å²) in [6, 6.07) is 11.3. The fraction of sp³-hybridized carbons (Fsp3) is 0.167. The van der Waals surface area contributed by atoms with Crippen LogP contribution < -0.4 is 10.5 Å². The summed E-state index contributed by atoms with van der Waals surface area (Å²) in [5.41, 5.74) is 7.19. The summed E-state index contributed by atoms with van der Waals surface area (Å²) in [6.45, 7) is 2.57. The minimum atomic E-state index is 0.414. The average Bonchev–Trinajstić information content (AvgIpc) is 2.32. The number of ether oxygens (including phenoxy) is 1. The number of nitrogens with two attached hydrogens (primary N) is 1. The predicted octanol–water partition coefficient (Wildman–Crippen LogP) is 2.12. The van der Waals surface area contributed by atoms with E-state index in [4.69, 9.17) is 10.5 Å². The van der Waals surface area contributed by atoms with E-state index in [1.807, 2.05) is 37.3 Å². The van der Waals surface area contributed by atoms with Gasteiger partial charge in [-0.1, -0.05) is 12.1 Å². The predicted molar refractivity (Wildman–Crippen MR) is 63.0 cm³/mol. The van der Waals surface area contributed by atoms with E-state index in [0.717, 1.165) is 17.0 Å². The molecule has 0 saturated heterocycles. The minimum Gasteiger partial charge on any atom is -0.493 e. The van der Waals surface area contributed by atoms with Crippen molar-refractivity contribution >= 4 is 5.82 Å². The van der Waals surface area contributed by atoms with Gasteiger partial charge in [-0.3, -0.25) is 0 Å². The second-order valence-corrected chi connectivity index (χ2v) is 3.27. The van der Waals surface area contributed by atoms with Gasteiger partial charge in [0, 0.05) is 5.56 Å². The first-order valence-corrected chi connectivity index (χ1v) is 5.12. The Morgan fingerprint density at radius 1 is 1.12 bits per heavy atom. The zero-order valence-corrected chi connectivity index (χ0v) is 9.05. The molecule has 0 aliphatic rings. The van der Waals surface area contributed by atoms with Gasteiger partial charge in [0.2, 0.25) is 0 Å². The van der Waals surface area contributed by atoms with Crippen molar-refractivity contribution < 1.29 is 4.74 Å². The first kappa shape index (κ1) is 10.4. The Morgan fingerprint density at radius 2 is 1.94 bits per heavy atom. The van der Waals surface area contributed by atoms with Crippen molar-refractivity contribution in [2.45, 2.75) is 6.92 Å². The summed E-state index contributed by atoms with van der Waals surface area (Å²) in [4.78, 5) is 0. The summed E-state index contributed by atoms with van der Waals surface area (Å²) in [5, 5.41) is 7.87. The minimum absolute atomic E-state index is 0.414. The van der Waals surface area contributed by atoms with Crippen LogP contribution in [0.2, 0.25) is 0 Å².